The standard InChI is InChI=1S/C10H18O2/c1-4-5-6-7-8-12-10(11)9(2)3/h7-9H,4-6H2,1-3H3. The fourth-order valence-electron chi connectivity index (χ4n) is 0.641. The van der Waals surface area contributed by atoms with Crippen molar-refractivity contribution < 1.29 is 9.53 Å². The number of carbonyl (C=O) groups is 1. The van der Waals surface area contributed by atoms with Crippen LogP contribution in [0.3, 0.4) is 0 Å². The summed E-state index contributed by atoms with van der Waals surface area (Å²) in [6.45, 7) is 5.78. The monoisotopic (exact) mass is 170 g/mol. The van der Waals surface area contributed by atoms with Gasteiger partial charge in [-0.1, -0.05) is 27.2 Å². The largest absolute Gasteiger partial charge is 0.435 e. The number of hydrogen-bond acceptors (Lipinski definition) is 2. The van der Waals surface area contributed by atoms with Gasteiger partial charge in [0, 0.05) is 0 Å². The lowest BCUT2D eigenvalue weighted by Crippen LogP contribution is -2.07. The number of rotatable bonds is 5. The number of ether oxygens (including phenoxy) is 1. The third kappa shape index (κ3) is 5.96. The number of hydrogen-bond donors (Lipinski definition) is 0. The van der Waals surface area contributed by atoms with Gasteiger partial charge in [-0.2, -0.15) is 0 Å². The van der Waals surface area contributed by atoms with Crippen molar-refractivity contribution in [2.75, 3.05) is 0 Å². The Labute approximate surface area is 74.6 Å². The minimum atomic E-state index is -0.164. The molecule has 0 unspecified atom stereocenters. The Balaban J connectivity index is 3.40. The molecule has 0 aromatic carbocycles. The highest BCUT2D eigenvalue weighted by Crippen LogP contribution is 1.98. The predicted molar refractivity (Wildman–Crippen MR) is 49.6 cm³/mol. The van der Waals surface area contributed by atoms with E-state index in [1.807, 2.05) is 19.9 Å². The van der Waals surface area contributed by atoms with Gasteiger partial charge in [0.15, 0.2) is 0 Å². The highest BCUT2D eigenvalue weighted by Gasteiger charge is 2.04. The van der Waals surface area contributed by atoms with E-state index in [2.05, 4.69) is 6.92 Å². The van der Waals surface area contributed by atoms with Crippen molar-refractivity contribution in [3.05, 3.63) is 12.3 Å². The van der Waals surface area contributed by atoms with E-state index < -0.39 is 0 Å². The van der Waals surface area contributed by atoms with Gasteiger partial charge in [0.05, 0.1) is 12.2 Å². The second-order valence-electron chi connectivity index (χ2n) is 3.11. The van der Waals surface area contributed by atoms with Gasteiger partial charge in [0.1, 0.15) is 0 Å². The van der Waals surface area contributed by atoms with Gasteiger partial charge >= 0.3 is 5.97 Å². The number of allylic oxidation sites excluding steroid dienone is 1. The second-order valence-corrected chi connectivity index (χ2v) is 3.11. The van der Waals surface area contributed by atoms with Crippen molar-refractivity contribution in [3.8, 4) is 0 Å². The Morgan fingerprint density at radius 3 is 2.67 bits per heavy atom. The zero-order chi connectivity index (χ0) is 9.40. The van der Waals surface area contributed by atoms with Crippen LogP contribution in [0.1, 0.15) is 40.0 Å². The minimum absolute atomic E-state index is 0.0409. The lowest BCUT2D eigenvalue weighted by Gasteiger charge is -2.00. The molecule has 0 aliphatic rings. The molecular formula is C10H18O2. The molecule has 2 heteroatoms. The van der Waals surface area contributed by atoms with Crippen LogP contribution < -0.4 is 0 Å². The van der Waals surface area contributed by atoms with Crippen LogP contribution in [0.4, 0.5) is 0 Å². The van der Waals surface area contributed by atoms with Crippen molar-refractivity contribution in [3.63, 3.8) is 0 Å². The Kier molecular flexibility index (Phi) is 6.44. The summed E-state index contributed by atoms with van der Waals surface area (Å²) in [5, 5.41) is 0. The maximum absolute atomic E-state index is 10.9. The van der Waals surface area contributed by atoms with E-state index in [9.17, 15) is 4.79 Å². The molecule has 0 N–H and O–H groups in total. The van der Waals surface area contributed by atoms with E-state index in [0.717, 1.165) is 12.8 Å². The number of carbonyl (C=O) groups excluding carboxylic acids is 1. The van der Waals surface area contributed by atoms with Crippen molar-refractivity contribution in [1.29, 1.82) is 0 Å². The topological polar surface area (TPSA) is 26.3 Å². The quantitative estimate of drug-likeness (QED) is 0.360. The van der Waals surface area contributed by atoms with Crippen LogP contribution in [0.2, 0.25) is 0 Å². The normalized spacial score (nSPS) is 11.0. The average molecular weight is 170 g/mol. The highest BCUT2D eigenvalue weighted by molar-refractivity contribution is 5.72. The van der Waals surface area contributed by atoms with Gasteiger partial charge in [-0.3, -0.25) is 4.79 Å². The molecule has 0 saturated heterocycles. The summed E-state index contributed by atoms with van der Waals surface area (Å²) < 4.78 is 4.83. The van der Waals surface area contributed by atoms with Crippen molar-refractivity contribution >= 4 is 5.97 Å². The van der Waals surface area contributed by atoms with Crippen LogP contribution in [0, 0.1) is 5.92 Å². The van der Waals surface area contributed by atoms with Crippen molar-refractivity contribution in [1.82, 2.24) is 0 Å². The molecule has 0 radical (unpaired) electrons. The second kappa shape index (κ2) is 6.89. The minimum Gasteiger partial charge on any atom is -0.435 e. The molecule has 0 aromatic rings. The Morgan fingerprint density at radius 2 is 2.17 bits per heavy atom. The lowest BCUT2D eigenvalue weighted by molar-refractivity contribution is -0.141. The summed E-state index contributed by atoms with van der Waals surface area (Å²) in [5.41, 5.74) is 0. The van der Waals surface area contributed by atoms with E-state index in [1.165, 1.54) is 12.7 Å². The average Bonchev–Trinajstić information content (AvgIpc) is 2.03. The fourth-order valence-corrected chi connectivity index (χ4v) is 0.641. The molecule has 0 aromatic heterocycles. The third-order valence-corrected chi connectivity index (χ3v) is 1.48. The van der Waals surface area contributed by atoms with E-state index in [-0.39, 0.29) is 11.9 Å². The summed E-state index contributed by atoms with van der Waals surface area (Å²) in [6, 6.07) is 0. The molecule has 2 nitrogen and oxygen atoms in total. The van der Waals surface area contributed by atoms with Crippen LogP contribution in [-0.2, 0) is 9.53 Å². The van der Waals surface area contributed by atoms with E-state index in [4.69, 9.17) is 4.74 Å². The zero-order valence-electron chi connectivity index (χ0n) is 8.17. The molecule has 0 fully saturated rings. The molecule has 0 bridgehead atoms. The van der Waals surface area contributed by atoms with E-state index >= 15 is 0 Å². The van der Waals surface area contributed by atoms with Crippen LogP contribution in [-0.4, -0.2) is 5.97 Å². The van der Waals surface area contributed by atoms with Crippen LogP contribution in [0.15, 0.2) is 12.3 Å². The highest BCUT2D eigenvalue weighted by atomic mass is 16.5. The zero-order valence-corrected chi connectivity index (χ0v) is 8.17. The summed E-state index contributed by atoms with van der Waals surface area (Å²) in [6.07, 6.45) is 6.70. The molecule has 0 spiro atoms. The van der Waals surface area contributed by atoms with Crippen LogP contribution in [0.5, 0.6) is 0 Å². The molecule has 70 valence electrons. The molecule has 0 atom stereocenters. The number of unbranched alkanes of at least 4 members (excludes halogenated alkanes) is 2. The van der Waals surface area contributed by atoms with Crippen molar-refractivity contribution in [2.24, 2.45) is 5.92 Å². The summed E-state index contributed by atoms with van der Waals surface area (Å²) >= 11 is 0. The van der Waals surface area contributed by atoms with Crippen molar-refractivity contribution in [2.45, 2.75) is 40.0 Å². The van der Waals surface area contributed by atoms with Gasteiger partial charge in [-0.05, 0) is 18.9 Å². The van der Waals surface area contributed by atoms with E-state index in [1.54, 1.807) is 0 Å². The molecule has 0 aliphatic carbocycles. The van der Waals surface area contributed by atoms with E-state index in [0.29, 0.717) is 0 Å². The van der Waals surface area contributed by atoms with Crippen LogP contribution >= 0.6 is 0 Å². The summed E-state index contributed by atoms with van der Waals surface area (Å²) in [4.78, 5) is 10.9. The third-order valence-electron chi connectivity index (χ3n) is 1.48. The van der Waals surface area contributed by atoms with Gasteiger partial charge < -0.3 is 4.74 Å². The molecule has 0 saturated carbocycles. The molecular weight excluding hydrogens is 152 g/mol. The molecule has 12 heavy (non-hydrogen) atoms. The fraction of sp³-hybridized carbons (Fsp3) is 0.700. The van der Waals surface area contributed by atoms with Crippen LogP contribution in [0.25, 0.3) is 0 Å². The van der Waals surface area contributed by atoms with Gasteiger partial charge in [0.2, 0.25) is 0 Å². The summed E-state index contributed by atoms with van der Waals surface area (Å²) in [5.74, 6) is -0.205. The van der Waals surface area contributed by atoms with Gasteiger partial charge in [-0.25, -0.2) is 0 Å². The first-order valence-electron chi connectivity index (χ1n) is 4.54. The Morgan fingerprint density at radius 1 is 1.50 bits per heavy atom. The molecule has 0 aliphatic heterocycles. The Bertz CT molecular complexity index is 148. The summed E-state index contributed by atoms with van der Waals surface area (Å²) in [7, 11) is 0. The SMILES string of the molecule is CCCCC=COC(=O)C(C)C. The molecule has 0 heterocycles. The van der Waals surface area contributed by atoms with Gasteiger partial charge in [0.25, 0.3) is 0 Å². The number of esters is 1. The maximum atomic E-state index is 10.9. The first-order valence-corrected chi connectivity index (χ1v) is 4.54. The molecule has 0 rings (SSSR count). The first-order chi connectivity index (χ1) is 5.68. The maximum Gasteiger partial charge on any atom is 0.313 e. The molecule has 0 amide bonds. The smallest absolute Gasteiger partial charge is 0.313 e. The first kappa shape index (κ1) is 11.2. The predicted octanol–water partition coefficient (Wildman–Crippen LogP) is 2.89. The Hall–Kier alpha value is -0.790. The van der Waals surface area contributed by atoms with Gasteiger partial charge in [-0.15, -0.1) is 0 Å². The lowest BCUT2D eigenvalue weighted by atomic mass is 10.2.